The Labute approximate surface area is 194 Å². The molecule has 1 saturated heterocycles. The smallest absolute Gasteiger partial charge is 0.289 e. The number of guanidine groups is 1. The number of nitrogens with one attached hydrogen (secondary N) is 1. The van der Waals surface area contributed by atoms with Gasteiger partial charge in [-0.2, -0.15) is 0 Å². The van der Waals surface area contributed by atoms with Gasteiger partial charge in [-0.05, 0) is 36.8 Å². The number of aliphatic imine (C=N–C) groups is 1. The Morgan fingerprint density at radius 1 is 1.17 bits per heavy atom. The number of amides is 1. The normalized spacial score (nSPS) is 15.0. The van der Waals surface area contributed by atoms with Crippen molar-refractivity contribution in [1.29, 1.82) is 0 Å². The summed E-state index contributed by atoms with van der Waals surface area (Å²) in [6.45, 7) is 10.1. The predicted molar refractivity (Wildman–Crippen MR) is 127 cm³/mol. The molecular weight excluding hydrogens is 498 g/mol. The average Bonchev–Trinajstić information content (AvgIpc) is 3.26. The molecule has 1 fully saturated rings. The van der Waals surface area contributed by atoms with Crippen LogP contribution in [0.2, 0.25) is 0 Å². The van der Waals surface area contributed by atoms with Crippen molar-refractivity contribution >= 4 is 35.8 Å². The molecule has 2 heterocycles. The van der Waals surface area contributed by atoms with E-state index in [0.717, 1.165) is 18.1 Å². The molecule has 1 aromatic heterocycles. The van der Waals surface area contributed by atoms with E-state index in [1.54, 1.807) is 29.2 Å². The Morgan fingerprint density at radius 2 is 1.87 bits per heavy atom. The lowest BCUT2D eigenvalue weighted by Crippen LogP contribution is -2.54. The molecular formula is C22H30FIN4O2. The monoisotopic (exact) mass is 528 g/mol. The molecule has 0 saturated carbocycles. The largest absolute Gasteiger partial charge is 0.459 e. The van der Waals surface area contributed by atoms with Gasteiger partial charge in [0.15, 0.2) is 11.7 Å². The van der Waals surface area contributed by atoms with Gasteiger partial charge in [-0.3, -0.25) is 9.79 Å². The molecule has 3 rings (SSSR count). The minimum Gasteiger partial charge on any atom is -0.459 e. The minimum absolute atomic E-state index is 0. The van der Waals surface area contributed by atoms with Crippen LogP contribution in [0.4, 0.5) is 4.39 Å². The molecule has 1 aliphatic rings. The van der Waals surface area contributed by atoms with Crippen LogP contribution in [0, 0.1) is 5.82 Å². The quantitative estimate of drug-likeness (QED) is 0.365. The molecule has 1 aliphatic heterocycles. The van der Waals surface area contributed by atoms with Crippen molar-refractivity contribution < 1.29 is 13.6 Å². The molecule has 0 radical (unpaired) electrons. The lowest BCUT2D eigenvalue weighted by Gasteiger charge is -2.36. The maximum atomic E-state index is 13.6. The van der Waals surface area contributed by atoms with Crippen molar-refractivity contribution in [3.63, 3.8) is 0 Å². The van der Waals surface area contributed by atoms with Crippen LogP contribution in [0.15, 0.2) is 52.1 Å². The summed E-state index contributed by atoms with van der Waals surface area (Å²) in [6.07, 6.45) is 1.51. The molecule has 6 nitrogen and oxygen atoms in total. The molecule has 1 N–H and O–H groups in total. The zero-order chi connectivity index (χ0) is 20.9. The number of benzene rings is 1. The minimum atomic E-state index is -0.292. The Morgan fingerprint density at radius 3 is 2.47 bits per heavy atom. The molecule has 0 atom stereocenters. The van der Waals surface area contributed by atoms with Gasteiger partial charge in [-0.1, -0.05) is 26.0 Å². The van der Waals surface area contributed by atoms with Gasteiger partial charge in [0.2, 0.25) is 0 Å². The highest BCUT2D eigenvalue weighted by molar-refractivity contribution is 14.0. The fourth-order valence-corrected chi connectivity index (χ4v) is 3.38. The summed E-state index contributed by atoms with van der Waals surface area (Å²) in [6, 6.07) is 10.1. The van der Waals surface area contributed by atoms with Gasteiger partial charge >= 0.3 is 0 Å². The summed E-state index contributed by atoms with van der Waals surface area (Å²) in [5, 5.41) is 3.34. The first-order valence-electron chi connectivity index (χ1n) is 10.0. The molecule has 0 unspecified atom stereocenters. The van der Waals surface area contributed by atoms with E-state index in [4.69, 9.17) is 9.41 Å². The topological polar surface area (TPSA) is 61.1 Å². The zero-order valence-electron chi connectivity index (χ0n) is 17.7. The number of carbonyl (C=O) groups is 1. The summed E-state index contributed by atoms with van der Waals surface area (Å²) in [5.74, 6) is 0.880. The van der Waals surface area contributed by atoms with E-state index >= 15 is 0 Å². The lowest BCUT2D eigenvalue weighted by atomic mass is 9.85. The highest BCUT2D eigenvalue weighted by atomic mass is 127. The van der Waals surface area contributed by atoms with Crippen LogP contribution < -0.4 is 5.32 Å². The van der Waals surface area contributed by atoms with Crippen molar-refractivity contribution in [1.82, 2.24) is 15.1 Å². The van der Waals surface area contributed by atoms with E-state index in [1.807, 2.05) is 13.0 Å². The molecule has 2 aromatic rings. The zero-order valence-corrected chi connectivity index (χ0v) is 20.1. The highest BCUT2D eigenvalue weighted by Crippen LogP contribution is 2.24. The van der Waals surface area contributed by atoms with Gasteiger partial charge in [0.1, 0.15) is 5.82 Å². The van der Waals surface area contributed by atoms with E-state index in [0.29, 0.717) is 38.5 Å². The molecule has 0 spiro atoms. The SMILES string of the molecule is CCNC(=NCC(C)(C)c1cccc(F)c1)N1CCN(C(=O)c2ccco2)CC1.I. The third-order valence-electron chi connectivity index (χ3n) is 5.16. The molecule has 164 valence electrons. The first kappa shape index (κ1) is 24.2. The Balaban J connectivity index is 0.00000320. The van der Waals surface area contributed by atoms with Gasteiger partial charge < -0.3 is 19.5 Å². The maximum Gasteiger partial charge on any atom is 0.289 e. The van der Waals surface area contributed by atoms with E-state index in [2.05, 4.69) is 24.1 Å². The van der Waals surface area contributed by atoms with Crippen molar-refractivity contribution in [2.45, 2.75) is 26.2 Å². The second-order valence-corrected chi connectivity index (χ2v) is 7.82. The highest BCUT2D eigenvalue weighted by Gasteiger charge is 2.26. The Bertz CT molecular complexity index is 847. The van der Waals surface area contributed by atoms with Gasteiger partial charge in [0.05, 0.1) is 12.8 Å². The number of hydrogen-bond donors (Lipinski definition) is 1. The van der Waals surface area contributed by atoms with Crippen LogP contribution in [0.5, 0.6) is 0 Å². The maximum absolute atomic E-state index is 13.6. The molecule has 1 aromatic carbocycles. The van der Waals surface area contributed by atoms with Gasteiger partial charge in [-0.15, -0.1) is 24.0 Å². The van der Waals surface area contributed by atoms with E-state index < -0.39 is 0 Å². The van der Waals surface area contributed by atoms with Gasteiger partial charge in [-0.25, -0.2) is 4.39 Å². The number of furan rings is 1. The summed E-state index contributed by atoms with van der Waals surface area (Å²) in [7, 11) is 0. The van der Waals surface area contributed by atoms with E-state index in [-0.39, 0.29) is 41.1 Å². The molecule has 0 aliphatic carbocycles. The van der Waals surface area contributed by atoms with E-state index in [1.165, 1.54) is 12.3 Å². The van der Waals surface area contributed by atoms with Crippen LogP contribution >= 0.6 is 24.0 Å². The Kier molecular flexibility index (Phi) is 8.69. The second kappa shape index (κ2) is 10.8. The standard InChI is InChI=1S/C22H29FN4O2.HI/c1-4-24-21(25-16-22(2,3)17-7-5-8-18(23)15-17)27-12-10-26(11-13-27)20(28)19-9-6-14-29-19;/h5-9,14-15H,4,10-13,16H2,1-3H3,(H,24,25);1H. The molecule has 0 bridgehead atoms. The summed E-state index contributed by atoms with van der Waals surface area (Å²) >= 11 is 0. The van der Waals surface area contributed by atoms with Crippen molar-refractivity contribution in [2.75, 3.05) is 39.3 Å². The van der Waals surface area contributed by atoms with Crippen LogP contribution in [0.25, 0.3) is 0 Å². The third kappa shape index (κ3) is 5.96. The average molecular weight is 528 g/mol. The van der Waals surface area contributed by atoms with Crippen molar-refractivity contribution in [3.05, 3.63) is 59.8 Å². The van der Waals surface area contributed by atoms with Crippen LogP contribution in [0.1, 0.15) is 36.9 Å². The Hall–Kier alpha value is -2.10. The summed E-state index contributed by atoms with van der Waals surface area (Å²) < 4.78 is 18.8. The van der Waals surface area contributed by atoms with Crippen LogP contribution in [-0.2, 0) is 5.41 Å². The third-order valence-corrected chi connectivity index (χ3v) is 5.16. The van der Waals surface area contributed by atoms with Crippen molar-refractivity contribution in [2.24, 2.45) is 4.99 Å². The number of halogens is 2. The van der Waals surface area contributed by atoms with Crippen LogP contribution in [-0.4, -0.2) is 60.9 Å². The number of rotatable bonds is 5. The van der Waals surface area contributed by atoms with E-state index in [9.17, 15) is 9.18 Å². The fourth-order valence-electron chi connectivity index (χ4n) is 3.38. The van der Waals surface area contributed by atoms with Gasteiger partial charge in [0.25, 0.3) is 5.91 Å². The second-order valence-electron chi connectivity index (χ2n) is 7.82. The molecule has 1 amide bonds. The first-order chi connectivity index (χ1) is 13.9. The summed E-state index contributed by atoms with van der Waals surface area (Å²) in [5.41, 5.74) is 0.630. The van der Waals surface area contributed by atoms with Crippen molar-refractivity contribution in [3.8, 4) is 0 Å². The lowest BCUT2D eigenvalue weighted by molar-refractivity contribution is 0.0657. The number of piperazine rings is 1. The molecule has 8 heteroatoms. The van der Waals surface area contributed by atoms with Gasteiger partial charge in [0, 0.05) is 38.1 Å². The number of nitrogens with zero attached hydrogens (tertiary/aromatic N) is 3. The summed E-state index contributed by atoms with van der Waals surface area (Å²) in [4.78, 5) is 21.2. The number of carbonyl (C=O) groups excluding carboxylic acids is 1. The number of hydrogen-bond acceptors (Lipinski definition) is 3. The van der Waals surface area contributed by atoms with Crippen LogP contribution in [0.3, 0.4) is 0 Å². The predicted octanol–water partition coefficient (Wildman–Crippen LogP) is 3.74. The first-order valence-corrected chi connectivity index (χ1v) is 10.0. The molecule has 30 heavy (non-hydrogen) atoms. The fraction of sp³-hybridized carbons (Fsp3) is 0.455.